The molecule has 4 heteroatoms. The Balaban J connectivity index is 2.48. The minimum absolute atomic E-state index is 0.274. The highest BCUT2D eigenvalue weighted by atomic mass is 19.1. The zero-order valence-electron chi connectivity index (χ0n) is 11.7. The van der Waals surface area contributed by atoms with Gasteiger partial charge in [-0.25, -0.2) is 8.78 Å². The summed E-state index contributed by atoms with van der Waals surface area (Å²) in [6, 6.07) is 11.1. The van der Waals surface area contributed by atoms with Crippen molar-refractivity contribution in [3.05, 3.63) is 59.7 Å². The molecule has 0 bridgehead atoms. The van der Waals surface area contributed by atoms with Gasteiger partial charge in [-0.15, -0.1) is 0 Å². The van der Waals surface area contributed by atoms with Gasteiger partial charge in [-0.2, -0.15) is 0 Å². The summed E-state index contributed by atoms with van der Waals surface area (Å²) in [6.07, 6.45) is 0. The third-order valence-electron chi connectivity index (χ3n) is 3.16. The average molecular weight is 276 g/mol. The van der Waals surface area contributed by atoms with Crippen LogP contribution in [-0.4, -0.2) is 13.6 Å². The first-order valence-electron chi connectivity index (χ1n) is 6.62. The minimum atomic E-state index is -0.297. The molecular weight excluding hydrogens is 258 g/mol. The first-order valence-corrected chi connectivity index (χ1v) is 6.62. The lowest BCUT2D eigenvalue weighted by Crippen LogP contribution is -2.20. The second kappa shape index (κ2) is 6.48. The van der Waals surface area contributed by atoms with Crippen molar-refractivity contribution in [2.45, 2.75) is 13.5 Å². The number of halogens is 2. The van der Waals surface area contributed by atoms with E-state index in [9.17, 15) is 8.78 Å². The Labute approximate surface area is 118 Å². The lowest BCUT2D eigenvalue weighted by atomic mass is 10.1. The zero-order chi connectivity index (χ0) is 14.5. The van der Waals surface area contributed by atoms with Crippen molar-refractivity contribution in [3.63, 3.8) is 0 Å². The van der Waals surface area contributed by atoms with Crippen molar-refractivity contribution in [2.75, 3.05) is 18.5 Å². The van der Waals surface area contributed by atoms with Crippen LogP contribution >= 0.6 is 0 Å². The average Bonchev–Trinajstić information content (AvgIpc) is 2.44. The van der Waals surface area contributed by atoms with Crippen LogP contribution in [0.4, 0.5) is 20.2 Å². The Kier molecular flexibility index (Phi) is 4.69. The molecule has 0 aromatic heterocycles. The standard InChI is InChI=1S/C16H18F2N2/c1-3-20(14-9-7-13(17)8-10-14)16-12(11-19-2)5-4-6-15(16)18/h4-10,19H,3,11H2,1-2H3. The molecule has 20 heavy (non-hydrogen) atoms. The third kappa shape index (κ3) is 2.96. The molecule has 2 aromatic carbocycles. The van der Waals surface area contributed by atoms with Gasteiger partial charge < -0.3 is 10.2 Å². The van der Waals surface area contributed by atoms with Gasteiger partial charge in [0.1, 0.15) is 11.6 Å². The van der Waals surface area contributed by atoms with Crippen LogP contribution in [0.25, 0.3) is 0 Å². The molecule has 0 fully saturated rings. The lowest BCUT2D eigenvalue weighted by Gasteiger charge is -2.26. The molecule has 0 unspecified atom stereocenters. The number of nitrogens with one attached hydrogen (secondary N) is 1. The van der Waals surface area contributed by atoms with Crippen molar-refractivity contribution in [3.8, 4) is 0 Å². The highest BCUT2D eigenvalue weighted by Gasteiger charge is 2.16. The Morgan fingerprint density at radius 3 is 2.35 bits per heavy atom. The Morgan fingerprint density at radius 2 is 1.75 bits per heavy atom. The number of hydrogen-bond acceptors (Lipinski definition) is 2. The molecule has 2 aromatic rings. The summed E-state index contributed by atoms with van der Waals surface area (Å²) in [4.78, 5) is 1.85. The van der Waals surface area contributed by atoms with E-state index in [-0.39, 0.29) is 11.6 Å². The largest absolute Gasteiger partial charge is 0.339 e. The molecule has 1 N–H and O–H groups in total. The van der Waals surface area contributed by atoms with Crippen LogP contribution in [0.3, 0.4) is 0 Å². The summed E-state index contributed by atoms with van der Waals surface area (Å²) >= 11 is 0. The first-order chi connectivity index (χ1) is 9.67. The number of rotatable bonds is 5. The van der Waals surface area contributed by atoms with Gasteiger partial charge in [0.15, 0.2) is 0 Å². The molecule has 0 saturated carbocycles. The number of para-hydroxylation sites is 1. The van der Waals surface area contributed by atoms with Crippen molar-refractivity contribution in [2.24, 2.45) is 0 Å². The molecule has 0 saturated heterocycles. The summed E-state index contributed by atoms with van der Waals surface area (Å²) in [5.74, 6) is -0.572. The number of anilines is 2. The Bertz CT molecular complexity index is 567. The zero-order valence-corrected chi connectivity index (χ0v) is 11.7. The predicted molar refractivity (Wildman–Crippen MR) is 78.2 cm³/mol. The second-order valence-corrected chi connectivity index (χ2v) is 4.50. The van der Waals surface area contributed by atoms with E-state index in [1.54, 1.807) is 18.2 Å². The molecule has 0 heterocycles. The van der Waals surface area contributed by atoms with Crippen LogP contribution in [0.15, 0.2) is 42.5 Å². The lowest BCUT2D eigenvalue weighted by molar-refractivity contribution is 0.620. The van der Waals surface area contributed by atoms with Crippen LogP contribution in [-0.2, 0) is 6.54 Å². The van der Waals surface area contributed by atoms with E-state index < -0.39 is 0 Å². The molecule has 0 aliphatic rings. The molecular formula is C16H18F2N2. The topological polar surface area (TPSA) is 15.3 Å². The van der Waals surface area contributed by atoms with Crippen molar-refractivity contribution < 1.29 is 8.78 Å². The molecule has 0 amide bonds. The highest BCUT2D eigenvalue weighted by Crippen LogP contribution is 2.31. The number of nitrogens with zero attached hydrogens (tertiary/aromatic N) is 1. The summed E-state index contributed by atoms with van der Waals surface area (Å²) in [6.45, 7) is 3.12. The monoisotopic (exact) mass is 276 g/mol. The highest BCUT2D eigenvalue weighted by molar-refractivity contribution is 5.67. The fourth-order valence-electron chi connectivity index (χ4n) is 2.29. The van der Waals surface area contributed by atoms with E-state index in [0.29, 0.717) is 18.8 Å². The molecule has 0 radical (unpaired) electrons. The van der Waals surface area contributed by atoms with Gasteiger partial charge in [0.25, 0.3) is 0 Å². The number of benzene rings is 2. The summed E-state index contributed by atoms with van der Waals surface area (Å²) in [7, 11) is 1.82. The van der Waals surface area contributed by atoms with E-state index in [2.05, 4.69) is 5.32 Å². The van der Waals surface area contributed by atoms with Crippen LogP contribution in [0.5, 0.6) is 0 Å². The van der Waals surface area contributed by atoms with E-state index >= 15 is 0 Å². The van der Waals surface area contributed by atoms with Crippen molar-refractivity contribution >= 4 is 11.4 Å². The molecule has 0 aliphatic carbocycles. The van der Waals surface area contributed by atoms with E-state index in [0.717, 1.165) is 11.3 Å². The van der Waals surface area contributed by atoms with Gasteiger partial charge in [0.2, 0.25) is 0 Å². The molecule has 0 aliphatic heterocycles. The van der Waals surface area contributed by atoms with E-state index in [1.807, 2.05) is 24.9 Å². The summed E-state index contributed by atoms with van der Waals surface area (Å²) < 4.78 is 27.3. The Hall–Kier alpha value is -1.94. The van der Waals surface area contributed by atoms with Gasteiger partial charge in [0, 0.05) is 18.8 Å². The van der Waals surface area contributed by atoms with Gasteiger partial charge in [-0.05, 0) is 49.9 Å². The van der Waals surface area contributed by atoms with Gasteiger partial charge in [0.05, 0.1) is 5.69 Å². The van der Waals surface area contributed by atoms with Crippen LogP contribution in [0.1, 0.15) is 12.5 Å². The van der Waals surface area contributed by atoms with E-state index in [4.69, 9.17) is 0 Å². The SMILES string of the molecule is CCN(c1ccc(F)cc1)c1c(F)cccc1CNC. The summed E-state index contributed by atoms with van der Waals surface area (Å²) in [5, 5.41) is 3.04. The maximum Gasteiger partial charge on any atom is 0.147 e. The normalized spacial score (nSPS) is 10.6. The first kappa shape index (κ1) is 14.5. The maximum atomic E-state index is 14.2. The predicted octanol–water partition coefficient (Wildman–Crippen LogP) is 3.84. The molecule has 2 rings (SSSR count). The number of hydrogen-bond donors (Lipinski definition) is 1. The molecule has 0 atom stereocenters. The third-order valence-corrected chi connectivity index (χ3v) is 3.16. The summed E-state index contributed by atoms with van der Waals surface area (Å²) in [5.41, 5.74) is 2.19. The van der Waals surface area contributed by atoms with Crippen LogP contribution in [0.2, 0.25) is 0 Å². The Morgan fingerprint density at radius 1 is 1.05 bits per heavy atom. The van der Waals surface area contributed by atoms with Crippen LogP contribution in [0, 0.1) is 11.6 Å². The quantitative estimate of drug-likeness (QED) is 0.892. The van der Waals surface area contributed by atoms with E-state index in [1.165, 1.54) is 18.2 Å². The van der Waals surface area contributed by atoms with Crippen LogP contribution < -0.4 is 10.2 Å². The van der Waals surface area contributed by atoms with Crippen molar-refractivity contribution in [1.82, 2.24) is 5.32 Å². The second-order valence-electron chi connectivity index (χ2n) is 4.50. The fourth-order valence-corrected chi connectivity index (χ4v) is 2.29. The van der Waals surface area contributed by atoms with Gasteiger partial charge in [-0.1, -0.05) is 12.1 Å². The minimum Gasteiger partial charge on any atom is -0.339 e. The van der Waals surface area contributed by atoms with Gasteiger partial charge in [-0.3, -0.25) is 0 Å². The molecule has 0 spiro atoms. The maximum absolute atomic E-state index is 14.2. The fraction of sp³-hybridized carbons (Fsp3) is 0.250. The smallest absolute Gasteiger partial charge is 0.147 e. The molecule has 106 valence electrons. The van der Waals surface area contributed by atoms with Gasteiger partial charge >= 0.3 is 0 Å². The molecule has 2 nitrogen and oxygen atoms in total. The van der Waals surface area contributed by atoms with Crippen molar-refractivity contribution in [1.29, 1.82) is 0 Å².